The van der Waals surface area contributed by atoms with E-state index in [0.29, 0.717) is 5.56 Å². The zero-order valence-corrected chi connectivity index (χ0v) is 16.5. The highest BCUT2D eigenvalue weighted by molar-refractivity contribution is 6.62. The van der Waals surface area contributed by atoms with Crippen molar-refractivity contribution in [2.24, 2.45) is 0 Å². The van der Waals surface area contributed by atoms with Gasteiger partial charge < -0.3 is 13.9 Å². The Morgan fingerprint density at radius 1 is 1.07 bits per heavy atom. The number of aromatic nitrogens is 2. The van der Waals surface area contributed by atoms with Crippen LogP contribution >= 0.6 is 0 Å². The van der Waals surface area contributed by atoms with Crippen molar-refractivity contribution in [3.05, 3.63) is 36.2 Å². The van der Waals surface area contributed by atoms with E-state index in [1.807, 2.05) is 27.7 Å². The number of benzene rings is 1. The lowest BCUT2D eigenvalue weighted by Gasteiger charge is -2.32. The third kappa shape index (κ3) is 3.69. The number of rotatable bonds is 4. The van der Waals surface area contributed by atoms with Crippen LogP contribution < -0.4 is 5.46 Å². The molecule has 0 saturated carbocycles. The molecule has 1 saturated heterocycles. The van der Waals surface area contributed by atoms with E-state index in [9.17, 15) is 17.6 Å². The fourth-order valence-electron chi connectivity index (χ4n) is 2.92. The Hall–Kier alpha value is -1.87. The molecule has 1 unspecified atom stereocenters. The molecule has 28 heavy (non-hydrogen) atoms. The van der Waals surface area contributed by atoms with Gasteiger partial charge in [0.1, 0.15) is 12.5 Å². The Kier molecular flexibility index (Phi) is 5.12. The van der Waals surface area contributed by atoms with Gasteiger partial charge in [-0.05, 0) is 40.1 Å². The molecule has 2 heterocycles. The molecule has 0 N–H and O–H groups in total. The van der Waals surface area contributed by atoms with Crippen LogP contribution in [-0.4, -0.2) is 34.5 Å². The van der Waals surface area contributed by atoms with Crippen LogP contribution in [0.2, 0.25) is 0 Å². The number of nitrogens with zero attached hydrogens (tertiary/aromatic N) is 2. The molecule has 0 bridgehead atoms. The Balaban J connectivity index is 1.93. The number of halogens is 4. The molecule has 1 aliphatic heterocycles. The predicted octanol–water partition coefficient (Wildman–Crippen LogP) is 4.40. The first kappa shape index (κ1) is 20.9. The quantitative estimate of drug-likeness (QED) is 0.566. The van der Waals surface area contributed by atoms with Gasteiger partial charge in [-0.25, -0.2) is 9.37 Å². The average molecular weight is 398 g/mol. The molecule has 0 amide bonds. The summed E-state index contributed by atoms with van der Waals surface area (Å²) in [6.45, 7) is 8.46. The second-order valence-corrected chi connectivity index (χ2v) is 8.07. The summed E-state index contributed by atoms with van der Waals surface area (Å²) in [5.74, 6) is 0.0675. The van der Waals surface area contributed by atoms with Crippen LogP contribution in [-0.2, 0) is 15.5 Å². The van der Waals surface area contributed by atoms with Gasteiger partial charge in [-0.1, -0.05) is 24.3 Å². The Labute approximate surface area is 162 Å². The summed E-state index contributed by atoms with van der Waals surface area (Å²) in [4.78, 5) is 3.70. The van der Waals surface area contributed by atoms with Crippen LogP contribution in [0.1, 0.15) is 46.4 Å². The molecule has 9 heteroatoms. The maximum absolute atomic E-state index is 13.1. The lowest BCUT2D eigenvalue weighted by atomic mass is 9.79. The lowest BCUT2D eigenvalue weighted by Crippen LogP contribution is -2.41. The SMILES string of the molecule is CC(CF)n1cc(C(F)(F)F)nc1-c1ccc(B2OC(C)(C)C(C)(C)O2)cc1. The van der Waals surface area contributed by atoms with E-state index >= 15 is 0 Å². The van der Waals surface area contributed by atoms with Crippen molar-refractivity contribution in [2.45, 2.75) is 58.0 Å². The smallest absolute Gasteiger partial charge is 0.399 e. The summed E-state index contributed by atoms with van der Waals surface area (Å²) < 4.78 is 65.5. The predicted molar refractivity (Wildman–Crippen MR) is 99.1 cm³/mol. The first-order valence-corrected chi connectivity index (χ1v) is 9.04. The molecule has 0 spiro atoms. The molecular formula is C19H23BF4N2O2. The highest BCUT2D eigenvalue weighted by Crippen LogP contribution is 2.37. The lowest BCUT2D eigenvalue weighted by molar-refractivity contribution is -0.140. The van der Waals surface area contributed by atoms with E-state index in [2.05, 4.69) is 4.98 Å². The van der Waals surface area contributed by atoms with Crippen LogP contribution in [0.5, 0.6) is 0 Å². The van der Waals surface area contributed by atoms with Gasteiger partial charge >= 0.3 is 13.3 Å². The van der Waals surface area contributed by atoms with E-state index in [1.165, 1.54) is 11.5 Å². The van der Waals surface area contributed by atoms with Crippen LogP contribution in [0.3, 0.4) is 0 Å². The van der Waals surface area contributed by atoms with Crippen molar-refractivity contribution in [2.75, 3.05) is 6.67 Å². The van der Waals surface area contributed by atoms with Crippen LogP contribution in [0.4, 0.5) is 17.6 Å². The van der Waals surface area contributed by atoms with Crippen molar-refractivity contribution in [3.8, 4) is 11.4 Å². The summed E-state index contributed by atoms with van der Waals surface area (Å²) in [6, 6.07) is 5.98. The van der Waals surface area contributed by atoms with Crippen LogP contribution in [0.15, 0.2) is 30.5 Å². The summed E-state index contributed by atoms with van der Waals surface area (Å²) in [5.41, 5.74) is -0.834. The fraction of sp³-hybridized carbons (Fsp3) is 0.526. The zero-order chi connectivity index (χ0) is 20.9. The minimum atomic E-state index is -4.60. The van der Waals surface area contributed by atoms with Crippen molar-refractivity contribution >= 4 is 12.6 Å². The molecule has 1 aromatic carbocycles. The largest absolute Gasteiger partial charge is 0.494 e. The van der Waals surface area contributed by atoms with Gasteiger partial charge in [0.2, 0.25) is 0 Å². The number of hydrogen-bond donors (Lipinski definition) is 0. The van der Waals surface area contributed by atoms with Crippen molar-refractivity contribution in [3.63, 3.8) is 0 Å². The van der Waals surface area contributed by atoms with Gasteiger partial charge in [-0.15, -0.1) is 0 Å². The third-order valence-corrected chi connectivity index (χ3v) is 5.42. The Morgan fingerprint density at radius 2 is 1.61 bits per heavy atom. The second kappa shape index (κ2) is 6.88. The van der Waals surface area contributed by atoms with E-state index in [4.69, 9.17) is 9.31 Å². The van der Waals surface area contributed by atoms with E-state index in [1.54, 1.807) is 24.3 Å². The van der Waals surface area contributed by atoms with Crippen molar-refractivity contribution in [1.82, 2.24) is 9.55 Å². The van der Waals surface area contributed by atoms with E-state index in [0.717, 1.165) is 11.7 Å². The Bertz CT molecular complexity index is 831. The van der Waals surface area contributed by atoms with Crippen LogP contribution in [0, 0.1) is 0 Å². The maximum Gasteiger partial charge on any atom is 0.494 e. The zero-order valence-electron chi connectivity index (χ0n) is 16.5. The van der Waals surface area contributed by atoms with Crippen molar-refractivity contribution < 1.29 is 26.9 Å². The van der Waals surface area contributed by atoms with Gasteiger partial charge in [-0.3, -0.25) is 0 Å². The first-order chi connectivity index (χ1) is 12.9. The summed E-state index contributed by atoms with van der Waals surface area (Å²) in [7, 11) is -0.575. The topological polar surface area (TPSA) is 36.3 Å². The molecule has 0 aliphatic carbocycles. The minimum absolute atomic E-state index is 0.0675. The molecule has 1 fully saturated rings. The number of hydrogen-bond acceptors (Lipinski definition) is 3. The molecule has 1 aromatic heterocycles. The Morgan fingerprint density at radius 3 is 2.07 bits per heavy atom. The normalized spacial score (nSPS) is 19.8. The molecule has 3 rings (SSSR count). The number of imidazole rings is 1. The van der Waals surface area contributed by atoms with Gasteiger partial charge in [0.15, 0.2) is 5.69 Å². The average Bonchev–Trinajstić information content (AvgIpc) is 3.13. The molecule has 4 nitrogen and oxygen atoms in total. The summed E-state index contributed by atoms with van der Waals surface area (Å²) >= 11 is 0. The maximum atomic E-state index is 13.1. The molecule has 1 aliphatic rings. The van der Waals surface area contributed by atoms with Crippen LogP contribution in [0.25, 0.3) is 11.4 Å². The highest BCUT2D eigenvalue weighted by atomic mass is 19.4. The summed E-state index contributed by atoms with van der Waals surface area (Å²) in [6.07, 6.45) is -3.75. The minimum Gasteiger partial charge on any atom is -0.399 e. The monoisotopic (exact) mass is 398 g/mol. The van der Waals surface area contributed by atoms with Crippen molar-refractivity contribution in [1.29, 1.82) is 0 Å². The molecule has 2 aromatic rings. The van der Waals surface area contributed by atoms with E-state index in [-0.39, 0.29) is 5.82 Å². The molecule has 1 atom stereocenters. The standard InChI is InChI=1S/C19H23BF4N2O2/c1-12(10-21)26-11-15(19(22,23)24)25-16(26)13-6-8-14(9-7-13)20-27-17(2,3)18(4,5)28-20/h6-9,11-12H,10H2,1-5H3. The number of alkyl halides is 4. The molecule has 0 radical (unpaired) electrons. The fourth-order valence-corrected chi connectivity index (χ4v) is 2.92. The molecule has 152 valence electrons. The van der Waals surface area contributed by atoms with E-state index < -0.39 is 42.9 Å². The van der Waals surface area contributed by atoms with Gasteiger partial charge in [0, 0.05) is 11.8 Å². The second-order valence-electron chi connectivity index (χ2n) is 8.07. The van der Waals surface area contributed by atoms with Gasteiger partial charge in [0.25, 0.3) is 0 Å². The summed E-state index contributed by atoms with van der Waals surface area (Å²) in [5, 5.41) is 0. The first-order valence-electron chi connectivity index (χ1n) is 9.04. The highest BCUT2D eigenvalue weighted by Gasteiger charge is 2.51. The van der Waals surface area contributed by atoms with Gasteiger partial charge in [-0.2, -0.15) is 13.2 Å². The third-order valence-electron chi connectivity index (χ3n) is 5.42. The van der Waals surface area contributed by atoms with Gasteiger partial charge in [0.05, 0.1) is 17.2 Å². The molecular weight excluding hydrogens is 375 g/mol.